The highest BCUT2D eigenvalue weighted by Gasteiger charge is 2.39. The van der Waals surface area contributed by atoms with Gasteiger partial charge in [-0.2, -0.15) is 18.4 Å². The third-order valence-electron chi connectivity index (χ3n) is 3.20. The van der Waals surface area contributed by atoms with Gasteiger partial charge in [-0.25, -0.2) is 4.21 Å². The van der Waals surface area contributed by atoms with Crippen LogP contribution in [0.25, 0.3) is 0 Å². The standard InChI is InChI=1S/C14H11F3N2O3S/c15-14(16,17)23(22)10-5-3-9(4-6-10)19-13(21)11(7-18)12(20)8-1-2-8/h3-6,8,11H,1-2H2,(H,19,21). The van der Waals surface area contributed by atoms with Crippen LogP contribution in [0, 0.1) is 23.2 Å². The van der Waals surface area contributed by atoms with Crippen molar-refractivity contribution in [3.05, 3.63) is 24.3 Å². The monoisotopic (exact) mass is 344 g/mol. The number of anilines is 1. The summed E-state index contributed by atoms with van der Waals surface area (Å²) >= 11 is 0. The Morgan fingerprint density at radius 1 is 1.26 bits per heavy atom. The van der Waals surface area contributed by atoms with E-state index >= 15 is 0 Å². The summed E-state index contributed by atoms with van der Waals surface area (Å²) in [6.07, 6.45) is 1.31. The predicted octanol–water partition coefficient (Wildman–Crippen LogP) is 2.37. The maximum Gasteiger partial charge on any atom is 0.475 e. The van der Waals surface area contributed by atoms with Crippen LogP contribution in [0.4, 0.5) is 18.9 Å². The fraction of sp³-hybridized carbons (Fsp3) is 0.357. The lowest BCUT2D eigenvalue weighted by molar-refractivity contribution is -0.129. The number of halogens is 3. The first kappa shape index (κ1) is 17.1. The van der Waals surface area contributed by atoms with Crippen LogP contribution < -0.4 is 5.32 Å². The molecule has 1 aromatic carbocycles. The maximum absolute atomic E-state index is 12.3. The second-order valence-electron chi connectivity index (χ2n) is 4.97. The van der Waals surface area contributed by atoms with Gasteiger partial charge in [0.1, 0.15) is 0 Å². The van der Waals surface area contributed by atoms with Gasteiger partial charge in [-0.1, -0.05) is 0 Å². The molecule has 1 aliphatic rings. The van der Waals surface area contributed by atoms with Gasteiger partial charge in [0.2, 0.25) is 5.91 Å². The minimum atomic E-state index is -4.87. The van der Waals surface area contributed by atoms with E-state index < -0.39 is 38.8 Å². The second-order valence-corrected chi connectivity index (χ2v) is 6.44. The molecule has 9 heteroatoms. The zero-order valence-electron chi connectivity index (χ0n) is 11.6. The van der Waals surface area contributed by atoms with E-state index in [-0.39, 0.29) is 11.6 Å². The zero-order chi connectivity index (χ0) is 17.2. The molecule has 1 amide bonds. The molecular weight excluding hydrogens is 333 g/mol. The first-order valence-corrected chi connectivity index (χ1v) is 7.72. The van der Waals surface area contributed by atoms with Gasteiger partial charge < -0.3 is 5.32 Å². The first-order chi connectivity index (χ1) is 10.7. The molecule has 122 valence electrons. The molecule has 0 bridgehead atoms. The highest BCUT2D eigenvalue weighted by molar-refractivity contribution is 7.86. The van der Waals surface area contributed by atoms with Gasteiger partial charge in [0.25, 0.3) is 0 Å². The molecule has 1 N–H and O–H groups in total. The van der Waals surface area contributed by atoms with E-state index in [4.69, 9.17) is 5.26 Å². The van der Waals surface area contributed by atoms with E-state index in [0.29, 0.717) is 12.8 Å². The van der Waals surface area contributed by atoms with E-state index in [9.17, 15) is 27.0 Å². The van der Waals surface area contributed by atoms with Crippen molar-refractivity contribution in [3.8, 4) is 6.07 Å². The normalized spacial score (nSPS) is 17.0. The Kier molecular flexibility index (Phi) is 4.85. The number of nitriles is 1. The molecule has 0 heterocycles. The van der Waals surface area contributed by atoms with Gasteiger partial charge in [0, 0.05) is 16.5 Å². The van der Waals surface area contributed by atoms with E-state index in [0.717, 1.165) is 24.3 Å². The van der Waals surface area contributed by atoms with Crippen LogP contribution in [-0.2, 0) is 20.4 Å². The molecule has 1 saturated carbocycles. The number of carbonyl (C=O) groups is 2. The quantitative estimate of drug-likeness (QED) is 0.831. The van der Waals surface area contributed by atoms with Gasteiger partial charge in [-0.3, -0.25) is 9.59 Å². The Hall–Kier alpha value is -2.21. The third-order valence-corrected chi connectivity index (χ3v) is 4.32. The fourth-order valence-electron chi connectivity index (χ4n) is 1.86. The summed E-state index contributed by atoms with van der Waals surface area (Å²) in [5, 5.41) is 11.2. The van der Waals surface area contributed by atoms with E-state index in [2.05, 4.69) is 5.32 Å². The number of hydrogen-bond acceptors (Lipinski definition) is 4. The minimum Gasteiger partial charge on any atom is -0.325 e. The lowest BCUT2D eigenvalue weighted by atomic mass is 10.0. The van der Waals surface area contributed by atoms with Crippen molar-refractivity contribution in [1.82, 2.24) is 0 Å². The van der Waals surface area contributed by atoms with Crippen molar-refractivity contribution in [1.29, 1.82) is 5.26 Å². The second kappa shape index (κ2) is 6.50. The molecule has 2 atom stereocenters. The number of ketones is 1. The smallest absolute Gasteiger partial charge is 0.325 e. The number of nitrogens with one attached hydrogen (secondary N) is 1. The van der Waals surface area contributed by atoms with E-state index in [1.165, 1.54) is 0 Å². The van der Waals surface area contributed by atoms with Crippen molar-refractivity contribution < 1.29 is 27.0 Å². The van der Waals surface area contributed by atoms with E-state index in [1.807, 2.05) is 0 Å². The van der Waals surface area contributed by atoms with Gasteiger partial charge in [0.15, 0.2) is 22.5 Å². The number of nitrogens with zero attached hydrogens (tertiary/aromatic N) is 1. The average Bonchev–Trinajstić information content (AvgIpc) is 3.31. The molecule has 1 fully saturated rings. The number of rotatable bonds is 5. The Balaban J connectivity index is 2.05. The molecule has 2 unspecified atom stereocenters. The highest BCUT2D eigenvalue weighted by Crippen LogP contribution is 2.32. The molecule has 1 aliphatic carbocycles. The molecular formula is C14H11F3N2O3S. The number of hydrogen-bond donors (Lipinski definition) is 1. The Bertz CT molecular complexity index is 691. The number of alkyl halides is 3. The first-order valence-electron chi connectivity index (χ1n) is 6.57. The largest absolute Gasteiger partial charge is 0.475 e. The lowest BCUT2D eigenvalue weighted by Crippen LogP contribution is -2.29. The summed E-state index contributed by atoms with van der Waals surface area (Å²) in [6.45, 7) is 0. The van der Waals surface area contributed by atoms with Crippen LogP contribution in [0.5, 0.6) is 0 Å². The SMILES string of the molecule is N#CC(C(=O)Nc1ccc(S(=O)C(F)(F)F)cc1)C(=O)C1CC1. The maximum atomic E-state index is 12.3. The summed E-state index contributed by atoms with van der Waals surface area (Å²) in [4.78, 5) is 23.2. The van der Waals surface area contributed by atoms with E-state index in [1.54, 1.807) is 6.07 Å². The van der Waals surface area contributed by atoms with Crippen LogP contribution in [0.15, 0.2) is 29.2 Å². The topological polar surface area (TPSA) is 87.0 Å². The number of carbonyl (C=O) groups excluding carboxylic acids is 2. The summed E-state index contributed by atoms with van der Waals surface area (Å²) in [5.74, 6) is -2.97. The zero-order valence-corrected chi connectivity index (χ0v) is 12.4. The molecule has 1 aromatic rings. The summed E-state index contributed by atoms with van der Waals surface area (Å²) < 4.78 is 48.1. The van der Waals surface area contributed by atoms with Crippen LogP contribution in [-0.4, -0.2) is 21.4 Å². The van der Waals surface area contributed by atoms with Gasteiger partial charge in [-0.05, 0) is 37.1 Å². The molecule has 2 rings (SSSR count). The van der Waals surface area contributed by atoms with Crippen molar-refractivity contribution in [2.45, 2.75) is 23.2 Å². The molecule has 0 aliphatic heterocycles. The van der Waals surface area contributed by atoms with Crippen molar-refractivity contribution >= 4 is 28.2 Å². The minimum absolute atomic E-state index is 0.113. The van der Waals surface area contributed by atoms with Crippen LogP contribution >= 0.6 is 0 Å². The molecule has 5 nitrogen and oxygen atoms in total. The summed E-state index contributed by atoms with van der Waals surface area (Å²) in [5.41, 5.74) is -4.75. The fourth-order valence-corrected chi connectivity index (χ4v) is 2.52. The summed E-state index contributed by atoms with van der Waals surface area (Å²) in [7, 11) is -3.16. The number of amides is 1. The van der Waals surface area contributed by atoms with Crippen molar-refractivity contribution in [3.63, 3.8) is 0 Å². The van der Waals surface area contributed by atoms with Crippen LogP contribution in [0.2, 0.25) is 0 Å². The number of Topliss-reactive ketones (excluding diaryl/α,β-unsaturated/α-hetero) is 1. The highest BCUT2D eigenvalue weighted by atomic mass is 32.2. The molecule has 0 saturated heterocycles. The van der Waals surface area contributed by atoms with Gasteiger partial charge >= 0.3 is 5.51 Å². The van der Waals surface area contributed by atoms with Gasteiger partial charge in [-0.15, -0.1) is 0 Å². The Morgan fingerprint density at radius 3 is 2.26 bits per heavy atom. The van der Waals surface area contributed by atoms with Crippen LogP contribution in [0.1, 0.15) is 12.8 Å². The third kappa shape index (κ3) is 4.16. The van der Waals surface area contributed by atoms with Crippen LogP contribution in [0.3, 0.4) is 0 Å². The Labute approximate surface area is 131 Å². The van der Waals surface area contributed by atoms with Crippen molar-refractivity contribution in [2.24, 2.45) is 11.8 Å². The molecule has 0 spiro atoms. The van der Waals surface area contributed by atoms with Crippen molar-refractivity contribution in [2.75, 3.05) is 5.32 Å². The molecule has 0 aromatic heterocycles. The summed E-state index contributed by atoms with van der Waals surface area (Å²) in [6, 6.07) is 5.82. The molecule has 23 heavy (non-hydrogen) atoms. The molecule has 0 radical (unpaired) electrons. The average molecular weight is 344 g/mol. The number of benzene rings is 1. The van der Waals surface area contributed by atoms with Gasteiger partial charge in [0.05, 0.1) is 6.07 Å². The Morgan fingerprint density at radius 2 is 1.83 bits per heavy atom. The lowest BCUT2D eigenvalue weighted by Gasteiger charge is -2.10. The predicted molar refractivity (Wildman–Crippen MR) is 74.4 cm³/mol.